The fourth-order valence-corrected chi connectivity index (χ4v) is 1.94. The molecule has 0 radical (unpaired) electrons. The van der Waals surface area contributed by atoms with Gasteiger partial charge in [-0.2, -0.15) is 0 Å². The van der Waals surface area contributed by atoms with Gasteiger partial charge in [0, 0.05) is 5.56 Å². The van der Waals surface area contributed by atoms with E-state index in [4.69, 9.17) is 9.52 Å². The summed E-state index contributed by atoms with van der Waals surface area (Å²) < 4.78 is 19.7. The van der Waals surface area contributed by atoms with E-state index in [1.165, 1.54) is 18.2 Å². The quantitative estimate of drug-likeness (QED) is 0.797. The summed E-state index contributed by atoms with van der Waals surface area (Å²) in [6.07, 6.45) is 1.55. The molecule has 7 heteroatoms. The van der Waals surface area contributed by atoms with E-state index >= 15 is 0 Å². The first kappa shape index (κ1) is 13.0. The highest BCUT2D eigenvalue weighted by molar-refractivity contribution is 5.84. The maximum Gasteiger partial charge on any atom is 0.371 e. The number of rotatable bonds is 4. The van der Waals surface area contributed by atoms with E-state index in [2.05, 4.69) is 10.3 Å². The van der Waals surface area contributed by atoms with Crippen molar-refractivity contribution in [2.24, 2.45) is 0 Å². The van der Waals surface area contributed by atoms with Crippen LogP contribution in [0.15, 0.2) is 47.0 Å². The zero-order valence-corrected chi connectivity index (χ0v) is 10.7. The summed E-state index contributed by atoms with van der Waals surface area (Å²) in [5.41, 5.74) is 1.44. The van der Waals surface area contributed by atoms with Gasteiger partial charge in [0.15, 0.2) is 0 Å². The molecule has 0 bridgehead atoms. The van der Waals surface area contributed by atoms with Gasteiger partial charge in [0.05, 0.1) is 11.9 Å². The molecule has 6 nitrogen and oxygen atoms in total. The molecule has 0 fully saturated rings. The molecule has 0 saturated heterocycles. The van der Waals surface area contributed by atoms with Gasteiger partial charge in [0.1, 0.15) is 18.1 Å². The summed E-state index contributed by atoms with van der Waals surface area (Å²) in [4.78, 5) is 10.8. The average molecular weight is 287 g/mol. The standard InChI is InChI=1S/C14H10FN3O3/c15-10-3-1-9(2-4-10)12-7-16-17-18(12)8-11-5-6-13(21-11)14(19)20/h1-7H,8H2,(H,19,20). The van der Waals surface area contributed by atoms with Gasteiger partial charge in [-0.25, -0.2) is 13.9 Å². The molecule has 0 aliphatic carbocycles. The number of carbonyl (C=O) groups is 1. The smallest absolute Gasteiger partial charge is 0.371 e. The number of carboxylic acid groups (broad SMARTS) is 1. The lowest BCUT2D eigenvalue weighted by atomic mass is 10.1. The molecule has 3 rings (SSSR count). The molecular formula is C14H10FN3O3. The van der Waals surface area contributed by atoms with Crippen LogP contribution in [0, 0.1) is 5.82 Å². The molecule has 0 spiro atoms. The molecule has 0 amide bonds. The van der Waals surface area contributed by atoms with Gasteiger partial charge < -0.3 is 9.52 Å². The maximum atomic E-state index is 12.9. The number of aromatic carboxylic acids is 1. The van der Waals surface area contributed by atoms with Gasteiger partial charge in [0.2, 0.25) is 5.76 Å². The fourth-order valence-electron chi connectivity index (χ4n) is 1.94. The van der Waals surface area contributed by atoms with Crippen LogP contribution in [-0.4, -0.2) is 26.1 Å². The summed E-state index contributed by atoms with van der Waals surface area (Å²) in [7, 11) is 0. The molecule has 2 aromatic heterocycles. The van der Waals surface area contributed by atoms with Crippen LogP contribution in [0.25, 0.3) is 11.3 Å². The Hall–Kier alpha value is -2.96. The van der Waals surface area contributed by atoms with Gasteiger partial charge in [0.25, 0.3) is 0 Å². The summed E-state index contributed by atoms with van der Waals surface area (Å²) in [5, 5.41) is 16.6. The van der Waals surface area contributed by atoms with E-state index < -0.39 is 5.97 Å². The highest BCUT2D eigenvalue weighted by atomic mass is 19.1. The SMILES string of the molecule is O=C(O)c1ccc(Cn2nncc2-c2ccc(F)cc2)o1. The molecule has 1 N–H and O–H groups in total. The second kappa shape index (κ2) is 5.20. The number of hydrogen-bond donors (Lipinski definition) is 1. The van der Waals surface area contributed by atoms with Crippen molar-refractivity contribution in [3.63, 3.8) is 0 Å². The first-order valence-electron chi connectivity index (χ1n) is 6.10. The monoisotopic (exact) mass is 287 g/mol. The summed E-state index contributed by atoms with van der Waals surface area (Å²) in [6.45, 7) is 0.236. The van der Waals surface area contributed by atoms with Crippen molar-refractivity contribution in [2.75, 3.05) is 0 Å². The normalized spacial score (nSPS) is 10.7. The minimum absolute atomic E-state index is 0.131. The van der Waals surface area contributed by atoms with E-state index in [0.717, 1.165) is 5.56 Å². The van der Waals surface area contributed by atoms with Gasteiger partial charge >= 0.3 is 5.97 Å². The van der Waals surface area contributed by atoms with Crippen molar-refractivity contribution >= 4 is 5.97 Å². The first-order valence-corrected chi connectivity index (χ1v) is 6.10. The number of nitrogens with zero attached hydrogens (tertiary/aromatic N) is 3. The van der Waals surface area contributed by atoms with E-state index in [1.807, 2.05) is 0 Å². The predicted molar refractivity (Wildman–Crippen MR) is 70.2 cm³/mol. The Labute approximate surface area is 118 Å². The Morgan fingerprint density at radius 1 is 1.24 bits per heavy atom. The number of benzene rings is 1. The van der Waals surface area contributed by atoms with Crippen LogP contribution >= 0.6 is 0 Å². The van der Waals surface area contributed by atoms with Crippen molar-refractivity contribution < 1.29 is 18.7 Å². The third kappa shape index (κ3) is 2.66. The van der Waals surface area contributed by atoms with Crippen LogP contribution < -0.4 is 0 Å². The van der Waals surface area contributed by atoms with E-state index in [9.17, 15) is 9.18 Å². The van der Waals surface area contributed by atoms with Crippen LogP contribution in [0.5, 0.6) is 0 Å². The predicted octanol–water partition coefficient (Wildman–Crippen LogP) is 2.42. The van der Waals surface area contributed by atoms with Gasteiger partial charge in [-0.15, -0.1) is 5.10 Å². The number of halogens is 1. The van der Waals surface area contributed by atoms with E-state index in [-0.39, 0.29) is 18.1 Å². The zero-order chi connectivity index (χ0) is 14.8. The summed E-state index contributed by atoms with van der Waals surface area (Å²) in [5.74, 6) is -1.14. The maximum absolute atomic E-state index is 12.9. The number of furan rings is 1. The molecule has 3 aromatic rings. The van der Waals surface area contributed by atoms with Crippen molar-refractivity contribution in [1.82, 2.24) is 15.0 Å². The lowest BCUT2D eigenvalue weighted by Gasteiger charge is -2.04. The molecule has 0 aliphatic heterocycles. The third-order valence-corrected chi connectivity index (χ3v) is 2.94. The Kier molecular flexibility index (Phi) is 3.23. The van der Waals surface area contributed by atoms with Gasteiger partial charge in [-0.3, -0.25) is 0 Å². The Balaban J connectivity index is 1.88. The lowest BCUT2D eigenvalue weighted by molar-refractivity contribution is 0.0660. The molecule has 0 atom stereocenters. The van der Waals surface area contributed by atoms with Crippen molar-refractivity contribution in [3.05, 3.63) is 59.9 Å². The largest absolute Gasteiger partial charge is 0.475 e. The zero-order valence-electron chi connectivity index (χ0n) is 10.7. The van der Waals surface area contributed by atoms with Crippen LogP contribution in [0.4, 0.5) is 4.39 Å². The minimum Gasteiger partial charge on any atom is -0.475 e. The second-order valence-corrected chi connectivity index (χ2v) is 4.35. The highest BCUT2D eigenvalue weighted by Crippen LogP contribution is 2.20. The number of carboxylic acids is 1. The Morgan fingerprint density at radius 3 is 2.67 bits per heavy atom. The topological polar surface area (TPSA) is 81.1 Å². The average Bonchev–Trinajstić information content (AvgIpc) is 3.10. The Morgan fingerprint density at radius 2 is 2.00 bits per heavy atom. The van der Waals surface area contributed by atoms with Crippen molar-refractivity contribution in [2.45, 2.75) is 6.54 Å². The van der Waals surface area contributed by atoms with Gasteiger partial charge in [-0.05, 0) is 36.4 Å². The molecule has 106 valence electrons. The van der Waals surface area contributed by atoms with Crippen LogP contribution in [0.1, 0.15) is 16.3 Å². The molecule has 21 heavy (non-hydrogen) atoms. The van der Waals surface area contributed by atoms with Crippen molar-refractivity contribution in [3.8, 4) is 11.3 Å². The Bertz CT molecular complexity index is 777. The number of hydrogen-bond acceptors (Lipinski definition) is 4. The second-order valence-electron chi connectivity index (χ2n) is 4.35. The van der Waals surface area contributed by atoms with Crippen LogP contribution in [0.2, 0.25) is 0 Å². The summed E-state index contributed by atoms with van der Waals surface area (Å²) >= 11 is 0. The molecule has 0 saturated carbocycles. The molecule has 0 unspecified atom stereocenters. The fraction of sp³-hybridized carbons (Fsp3) is 0.0714. The molecule has 1 aromatic carbocycles. The lowest BCUT2D eigenvalue weighted by Crippen LogP contribution is -2.03. The first-order chi connectivity index (χ1) is 10.1. The molecule has 2 heterocycles. The summed E-state index contributed by atoms with van der Waals surface area (Å²) in [6, 6.07) is 8.89. The number of aromatic nitrogens is 3. The molecular weight excluding hydrogens is 277 g/mol. The van der Waals surface area contributed by atoms with Gasteiger partial charge in [-0.1, -0.05) is 5.21 Å². The third-order valence-electron chi connectivity index (χ3n) is 2.94. The van der Waals surface area contributed by atoms with Crippen molar-refractivity contribution in [1.29, 1.82) is 0 Å². The minimum atomic E-state index is -1.13. The van der Waals surface area contributed by atoms with E-state index in [1.54, 1.807) is 29.1 Å². The van der Waals surface area contributed by atoms with Crippen LogP contribution in [-0.2, 0) is 6.54 Å². The van der Waals surface area contributed by atoms with Crippen LogP contribution in [0.3, 0.4) is 0 Å². The van der Waals surface area contributed by atoms with E-state index in [0.29, 0.717) is 11.5 Å². The highest BCUT2D eigenvalue weighted by Gasteiger charge is 2.12. The molecule has 0 aliphatic rings.